The first kappa shape index (κ1) is 51.5. The van der Waals surface area contributed by atoms with Crippen molar-refractivity contribution >= 4 is 46.6 Å². The van der Waals surface area contributed by atoms with Gasteiger partial charge in [-0.25, -0.2) is 4.98 Å². The van der Waals surface area contributed by atoms with Crippen LogP contribution in [0.5, 0.6) is 17.2 Å². The number of carbonyl (C=O) groups is 4. The number of aromatic nitrogens is 1. The summed E-state index contributed by atoms with van der Waals surface area (Å²) in [4.78, 5) is 61.2. The van der Waals surface area contributed by atoms with E-state index in [1.165, 1.54) is 4.90 Å². The second kappa shape index (κ2) is 21.0. The van der Waals surface area contributed by atoms with Gasteiger partial charge in [0, 0.05) is 48.0 Å². The van der Waals surface area contributed by atoms with Crippen LogP contribution in [0.2, 0.25) is 5.02 Å². The van der Waals surface area contributed by atoms with Gasteiger partial charge in [-0.3, -0.25) is 19.2 Å². The molecule has 0 radical (unpaired) electrons. The van der Waals surface area contributed by atoms with Crippen LogP contribution in [0.25, 0.3) is 10.4 Å². The summed E-state index contributed by atoms with van der Waals surface area (Å²) in [6.45, 7) is 17.3. The van der Waals surface area contributed by atoms with E-state index in [1.807, 2.05) is 76.5 Å². The molecule has 5 aromatic rings. The molecule has 1 saturated carbocycles. The maximum Gasteiger partial charge on any atom is 0.251 e. The van der Waals surface area contributed by atoms with Crippen LogP contribution in [0.3, 0.4) is 0 Å². The average molecular weight is 990 g/mol. The highest BCUT2D eigenvalue weighted by Crippen LogP contribution is 2.55. The van der Waals surface area contributed by atoms with Crippen molar-refractivity contribution in [1.29, 1.82) is 5.26 Å². The second-order valence-electron chi connectivity index (χ2n) is 20.4. The molecular formula is C54H61ClN6O8S. The van der Waals surface area contributed by atoms with E-state index in [1.54, 1.807) is 65.9 Å². The molecular weight excluding hydrogens is 928 g/mol. The number of hydrogen-bond acceptors (Lipinski definition) is 11. The number of aliphatic hydroxyl groups is 1. The van der Waals surface area contributed by atoms with E-state index in [0.29, 0.717) is 33.4 Å². The largest absolute Gasteiger partial charge is 0.489 e. The fourth-order valence-corrected chi connectivity index (χ4v) is 10.7. The number of amides is 4. The number of halogens is 1. The normalized spacial score (nSPS) is 20.0. The number of likely N-dealkylation sites (tertiary alicyclic amines) is 1. The van der Waals surface area contributed by atoms with E-state index in [4.69, 9.17) is 25.8 Å². The standard InChI is InChI=1S/C54H61ClN6O8S/c1-31-45(70-30-58-31)35-12-10-33(11-13-35)27-57-48(65)43-24-38(62)28-61(43)49(66)46(52(3,4)5)59-44(63)29-67-32(2)34-14-19-39(20-15-34)68-40-21-16-36(17-22-40)47(64)60-50-53(6,7)51(54(50,8)9)69-41-23-18-37(26-56)42(55)25-41/h10-23,25,30,32,38,43,46,50-51,62H,24,27-29H2,1-9H3,(H,57,65)(H,59,63)(H,60,64)/t32-,38+,43-,46?,50?,51?/m0/s1. The Morgan fingerprint density at radius 2 is 1.57 bits per heavy atom. The number of carbonyl (C=O) groups excluding carboxylic acids is 4. The number of thiazole rings is 1. The van der Waals surface area contributed by atoms with Crippen LogP contribution in [-0.2, 0) is 25.7 Å². The molecule has 2 fully saturated rings. The molecule has 4 N–H and O–H groups in total. The lowest BCUT2D eigenvalue weighted by atomic mass is 9.49. The predicted molar refractivity (Wildman–Crippen MR) is 268 cm³/mol. The molecule has 70 heavy (non-hydrogen) atoms. The Morgan fingerprint density at radius 3 is 2.16 bits per heavy atom. The van der Waals surface area contributed by atoms with Crippen LogP contribution in [-0.4, -0.2) is 82.1 Å². The van der Waals surface area contributed by atoms with Crippen molar-refractivity contribution in [2.75, 3.05) is 13.2 Å². The third-order valence-electron chi connectivity index (χ3n) is 13.3. The van der Waals surface area contributed by atoms with Crippen molar-refractivity contribution in [2.24, 2.45) is 16.2 Å². The van der Waals surface area contributed by atoms with Crippen molar-refractivity contribution < 1.29 is 38.5 Å². The van der Waals surface area contributed by atoms with Gasteiger partial charge in [-0.15, -0.1) is 11.3 Å². The minimum Gasteiger partial charge on any atom is -0.489 e. The molecule has 14 nitrogen and oxygen atoms in total. The summed E-state index contributed by atoms with van der Waals surface area (Å²) < 4.78 is 18.4. The molecule has 2 heterocycles. The Hall–Kier alpha value is -6.31. The first-order valence-corrected chi connectivity index (χ1v) is 24.5. The van der Waals surface area contributed by atoms with Crippen molar-refractivity contribution in [1.82, 2.24) is 25.8 Å². The Bertz CT molecular complexity index is 2730. The fourth-order valence-electron chi connectivity index (χ4n) is 9.71. The summed E-state index contributed by atoms with van der Waals surface area (Å²) >= 11 is 7.81. The van der Waals surface area contributed by atoms with Gasteiger partial charge in [0.25, 0.3) is 5.91 Å². The van der Waals surface area contributed by atoms with Crippen molar-refractivity contribution in [3.63, 3.8) is 0 Å². The zero-order chi connectivity index (χ0) is 50.7. The number of benzene rings is 4. The van der Waals surface area contributed by atoms with Gasteiger partial charge in [-0.1, -0.05) is 96.5 Å². The van der Waals surface area contributed by atoms with Gasteiger partial charge in [0.05, 0.1) is 38.9 Å². The molecule has 0 bridgehead atoms. The van der Waals surface area contributed by atoms with Crippen molar-refractivity contribution in [3.05, 3.63) is 129 Å². The van der Waals surface area contributed by atoms with E-state index in [-0.39, 0.29) is 50.1 Å². The van der Waals surface area contributed by atoms with Gasteiger partial charge in [-0.2, -0.15) is 5.26 Å². The van der Waals surface area contributed by atoms with Gasteiger partial charge in [0.15, 0.2) is 0 Å². The predicted octanol–water partition coefficient (Wildman–Crippen LogP) is 8.93. The molecule has 1 unspecified atom stereocenters. The quantitative estimate of drug-likeness (QED) is 0.0742. The van der Waals surface area contributed by atoms with E-state index in [0.717, 1.165) is 27.3 Å². The molecule has 4 aromatic carbocycles. The molecule has 4 amide bonds. The highest BCUT2D eigenvalue weighted by Gasteiger charge is 2.64. The SMILES string of the molecule is Cc1ncsc1-c1ccc(CNC(=O)[C@@H]2C[C@@H](O)CN2C(=O)C(NC(=O)CO[C@@H](C)c2ccc(Oc3ccc(C(=O)NC4C(C)(C)C(Oc5ccc(C#N)c(Cl)c5)C4(C)C)cc3)cc2)C(C)(C)C)cc1. The van der Waals surface area contributed by atoms with Crippen LogP contribution in [0.15, 0.2) is 96.5 Å². The molecule has 368 valence electrons. The van der Waals surface area contributed by atoms with Gasteiger partial charge in [-0.05, 0) is 84.5 Å². The number of nitrogens with one attached hydrogen (secondary N) is 3. The number of nitrogens with zero attached hydrogens (tertiary/aromatic N) is 3. The van der Waals surface area contributed by atoms with Gasteiger partial charge in [0.2, 0.25) is 17.7 Å². The first-order valence-electron chi connectivity index (χ1n) is 23.3. The van der Waals surface area contributed by atoms with Crippen molar-refractivity contribution in [3.8, 4) is 33.8 Å². The Balaban J connectivity index is 0.876. The minimum atomic E-state index is -1.00. The van der Waals surface area contributed by atoms with Crippen molar-refractivity contribution in [2.45, 2.75) is 112 Å². The van der Waals surface area contributed by atoms with E-state index >= 15 is 0 Å². The number of rotatable bonds is 16. The highest BCUT2D eigenvalue weighted by molar-refractivity contribution is 7.13. The number of aryl methyl sites for hydroxylation is 1. The maximum atomic E-state index is 14.1. The molecule has 16 heteroatoms. The van der Waals surface area contributed by atoms with E-state index in [9.17, 15) is 29.5 Å². The number of aliphatic hydroxyl groups excluding tert-OH is 1. The smallest absolute Gasteiger partial charge is 0.251 e. The molecule has 2 aliphatic rings. The van der Waals surface area contributed by atoms with Crippen LogP contribution in [0.4, 0.5) is 0 Å². The van der Waals surface area contributed by atoms with Crippen LogP contribution < -0.4 is 25.4 Å². The summed E-state index contributed by atoms with van der Waals surface area (Å²) in [6.07, 6.45) is -1.53. The van der Waals surface area contributed by atoms with Crippen LogP contribution in [0, 0.1) is 34.5 Å². The van der Waals surface area contributed by atoms with Gasteiger partial charge >= 0.3 is 0 Å². The lowest BCUT2D eigenvalue weighted by Gasteiger charge is -2.63. The zero-order valence-electron chi connectivity index (χ0n) is 41.0. The summed E-state index contributed by atoms with van der Waals surface area (Å²) in [5.41, 5.74) is 4.77. The van der Waals surface area contributed by atoms with E-state index in [2.05, 4.69) is 54.7 Å². The first-order chi connectivity index (χ1) is 33.1. The Kier molecular flexibility index (Phi) is 15.4. The Morgan fingerprint density at radius 1 is 0.943 bits per heavy atom. The number of hydrogen-bond donors (Lipinski definition) is 4. The molecule has 1 aliphatic carbocycles. The average Bonchev–Trinajstić information content (AvgIpc) is 3.94. The minimum absolute atomic E-state index is 0.0338. The maximum absolute atomic E-state index is 14.1. The van der Waals surface area contributed by atoms with Gasteiger partial charge in [0.1, 0.15) is 48.1 Å². The third kappa shape index (κ3) is 11.5. The molecule has 1 aromatic heterocycles. The topological polar surface area (TPSA) is 192 Å². The molecule has 1 aliphatic heterocycles. The van der Waals surface area contributed by atoms with Crippen LogP contribution >= 0.6 is 22.9 Å². The summed E-state index contributed by atoms with van der Waals surface area (Å²) in [5.74, 6) is 0.0876. The lowest BCUT2D eigenvalue weighted by Crippen LogP contribution is -2.74. The third-order valence-corrected chi connectivity index (χ3v) is 14.6. The van der Waals surface area contributed by atoms with Crippen LogP contribution in [0.1, 0.15) is 101 Å². The number of ether oxygens (including phenoxy) is 3. The summed E-state index contributed by atoms with van der Waals surface area (Å²) in [5, 5.41) is 29.2. The molecule has 7 rings (SSSR count). The molecule has 0 spiro atoms. The molecule has 4 atom stereocenters. The monoisotopic (exact) mass is 988 g/mol. The second-order valence-corrected chi connectivity index (χ2v) is 21.7. The number of nitriles is 1. The van der Waals surface area contributed by atoms with E-state index < -0.39 is 52.4 Å². The Labute approximate surface area is 418 Å². The van der Waals surface area contributed by atoms with Gasteiger partial charge < -0.3 is 40.2 Å². The summed E-state index contributed by atoms with van der Waals surface area (Å²) in [7, 11) is 0. The fraction of sp³-hybridized carbons (Fsp3) is 0.407. The zero-order valence-corrected chi connectivity index (χ0v) is 42.5. The molecule has 1 saturated heterocycles. The highest BCUT2D eigenvalue weighted by atomic mass is 35.5. The number of β-amino-alcohol motifs (C(OH)–C–C–N with tert-alkyl or cyclic N) is 1. The lowest BCUT2D eigenvalue weighted by molar-refractivity contribution is -0.164. The summed E-state index contributed by atoms with van der Waals surface area (Å²) in [6, 6.07) is 26.9.